The molecule has 1 aromatic carbocycles. The highest BCUT2D eigenvalue weighted by Crippen LogP contribution is 2.12. The van der Waals surface area contributed by atoms with E-state index in [0.29, 0.717) is 12.6 Å². The molecule has 4 nitrogen and oxygen atoms in total. The van der Waals surface area contributed by atoms with Crippen molar-refractivity contribution in [3.8, 4) is 5.75 Å². The van der Waals surface area contributed by atoms with Crippen LogP contribution in [0.5, 0.6) is 5.75 Å². The first-order valence-electron chi connectivity index (χ1n) is 6.31. The maximum Gasteiger partial charge on any atom is 0.221 e. The minimum Gasteiger partial charge on any atom is -0.494 e. The summed E-state index contributed by atoms with van der Waals surface area (Å²) in [4.78, 5) is 10.7. The Kier molecular flexibility index (Phi) is 6.22. The largest absolute Gasteiger partial charge is 0.494 e. The number of nitrogens with one attached hydrogen (secondary N) is 1. The van der Waals surface area contributed by atoms with Crippen LogP contribution in [-0.4, -0.2) is 25.1 Å². The molecule has 0 unspecified atom stereocenters. The van der Waals surface area contributed by atoms with Gasteiger partial charge in [0.25, 0.3) is 0 Å². The molecule has 1 rings (SSSR count). The number of benzene rings is 1. The smallest absolute Gasteiger partial charge is 0.221 e. The zero-order valence-corrected chi connectivity index (χ0v) is 11.1. The van der Waals surface area contributed by atoms with Crippen LogP contribution >= 0.6 is 0 Å². The SMILES string of the molecule is CC(C)NCCCOc1ccc(CC(N)=O)cc1. The second kappa shape index (κ2) is 7.71. The van der Waals surface area contributed by atoms with Gasteiger partial charge in [-0.1, -0.05) is 26.0 Å². The van der Waals surface area contributed by atoms with E-state index in [4.69, 9.17) is 10.5 Å². The van der Waals surface area contributed by atoms with Gasteiger partial charge >= 0.3 is 0 Å². The summed E-state index contributed by atoms with van der Waals surface area (Å²) in [5.41, 5.74) is 6.04. The molecule has 0 heterocycles. The number of ether oxygens (including phenoxy) is 1. The lowest BCUT2D eigenvalue weighted by molar-refractivity contribution is -0.117. The Bertz CT molecular complexity index is 361. The van der Waals surface area contributed by atoms with E-state index < -0.39 is 0 Å². The molecule has 18 heavy (non-hydrogen) atoms. The van der Waals surface area contributed by atoms with Crippen LogP contribution in [-0.2, 0) is 11.2 Å². The van der Waals surface area contributed by atoms with Gasteiger partial charge in [0.1, 0.15) is 5.75 Å². The maximum absolute atomic E-state index is 10.7. The predicted molar refractivity (Wildman–Crippen MR) is 72.6 cm³/mol. The van der Waals surface area contributed by atoms with E-state index in [1.165, 1.54) is 0 Å². The molecule has 4 heteroatoms. The quantitative estimate of drug-likeness (QED) is 0.687. The summed E-state index contributed by atoms with van der Waals surface area (Å²) in [5, 5.41) is 3.33. The molecule has 0 aliphatic heterocycles. The van der Waals surface area contributed by atoms with Crippen LogP contribution in [0.1, 0.15) is 25.8 Å². The molecule has 0 atom stereocenters. The highest BCUT2D eigenvalue weighted by atomic mass is 16.5. The lowest BCUT2D eigenvalue weighted by Crippen LogP contribution is -2.24. The molecule has 0 aliphatic rings. The van der Waals surface area contributed by atoms with Crippen molar-refractivity contribution in [1.29, 1.82) is 0 Å². The van der Waals surface area contributed by atoms with Crippen molar-refractivity contribution in [3.63, 3.8) is 0 Å². The van der Waals surface area contributed by atoms with Gasteiger partial charge in [0.05, 0.1) is 13.0 Å². The first-order chi connectivity index (χ1) is 8.58. The lowest BCUT2D eigenvalue weighted by atomic mass is 10.1. The van der Waals surface area contributed by atoms with Gasteiger partial charge in [-0.15, -0.1) is 0 Å². The van der Waals surface area contributed by atoms with Gasteiger partial charge in [-0.05, 0) is 30.7 Å². The highest BCUT2D eigenvalue weighted by molar-refractivity contribution is 5.76. The third-order valence-electron chi connectivity index (χ3n) is 2.44. The number of primary amides is 1. The molecule has 0 spiro atoms. The summed E-state index contributed by atoms with van der Waals surface area (Å²) in [7, 11) is 0. The number of amides is 1. The summed E-state index contributed by atoms with van der Waals surface area (Å²) in [5.74, 6) is 0.510. The monoisotopic (exact) mass is 250 g/mol. The fraction of sp³-hybridized carbons (Fsp3) is 0.500. The second-order valence-corrected chi connectivity index (χ2v) is 4.60. The molecule has 0 radical (unpaired) electrons. The number of carbonyl (C=O) groups is 1. The van der Waals surface area contributed by atoms with E-state index in [-0.39, 0.29) is 12.3 Å². The van der Waals surface area contributed by atoms with Crippen molar-refractivity contribution in [2.75, 3.05) is 13.2 Å². The maximum atomic E-state index is 10.7. The van der Waals surface area contributed by atoms with E-state index in [9.17, 15) is 4.79 Å². The topological polar surface area (TPSA) is 64.3 Å². The van der Waals surface area contributed by atoms with Crippen LogP contribution in [0, 0.1) is 0 Å². The van der Waals surface area contributed by atoms with Crippen molar-refractivity contribution in [3.05, 3.63) is 29.8 Å². The van der Waals surface area contributed by atoms with Crippen LogP contribution in [0.4, 0.5) is 0 Å². The first kappa shape index (κ1) is 14.5. The fourth-order valence-corrected chi connectivity index (χ4v) is 1.56. The van der Waals surface area contributed by atoms with Gasteiger partial charge in [0.15, 0.2) is 0 Å². The molecular weight excluding hydrogens is 228 g/mol. The Morgan fingerprint density at radius 1 is 1.33 bits per heavy atom. The third kappa shape index (κ3) is 6.25. The van der Waals surface area contributed by atoms with Crippen LogP contribution in [0.25, 0.3) is 0 Å². The van der Waals surface area contributed by atoms with Gasteiger partial charge in [-0.25, -0.2) is 0 Å². The second-order valence-electron chi connectivity index (χ2n) is 4.60. The zero-order chi connectivity index (χ0) is 13.4. The van der Waals surface area contributed by atoms with Crippen molar-refractivity contribution in [1.82, 2.24) is 5.32 Å². The summed E-state index contributed by atoms with van der Waals surface area (Å²) >= 11 is 0. The minimum atomic E-state index is -0.316. The number of carbonyl (C=O) groups excluding carboxylic acids is 1. The molecule has 100 valence electrons. The zero-order valence-electron chi connectivity index (χ0n) is 11.1. The molecule has 3 N–H and O–H groups in total. The van der Waals surface area contributed by atoms with E-state index in [1.54, 1.807) is 0 Å². The van der Waals surface area contributed by atoms with E-state index in [0.717, 1.165) is 24.3 Å². The first-order valence-corrected chi connectivity index (χ1v) is 6.31. The number of nitrogens with two attached hydrogens (primary N) is 1. The highest BCUT2D eigenvalue weighted by Gasteiger charge is 1.99. The third-order valence-corrected chi connectivity index (χ3v) is 2.44. The standard InChI is InChI=1S/C14H22N2O2/c1-11(2)16-8-3-9-18-13-6-4-12(5-7-13)10-14(15)17/h4-7,11,16H,3,8-10H2,1-2H3,(H2,15,17). The van der Waals surface area contributed by atoms with E-state index in [2.05, 4.69) is 19.2 Å². The number of hydrogen-bond donors (Lipinski definition) is 2. The number of rotatable bonds is 8. The molecule has 0 aromatic heterocycles. The van der Waals surface area contributed by atoms with E-state index >= 15 is 0 Å². The molecule has 0 bridgehead atoms. The van der Waals surface area contributed by atoms with E-state index in [1.807, 2.05) is 24.3 Å². The van der Waals surface area contributed by atoms with Crippen LogP contribution in [0.3, 0.4) is 0 Å². The van der Waals surface area contributed by atoms with Crippen LogP contribution in [0.2, 0.25) is 0 Å². The normalized spacial score (nSPS) is 10.6. The molecule has 1 aromatic rings. The minimum absolute atomic E-state index is 0.276. The van der Waals surface area contributed by atoms with Crippen LogP contribution in [0.15, 0.2) is 24.3 Å². The molecule has 0 saturated heterocycles. The molecule has 0 saturated carbocycles. The number of hydrogen-bond acceptors (Lipinski definition) is 3. The Hall–Kier alpha value is -1.55. The van der Waals surface area contributed by atoms with Gasteiger partial charge < -0.3 is 15.8 Å². The Labute approximate surface area is 109 Å². The van der Waals surface area contributed by atoms with Gasteiger partial charge in [-0.2, -0.15) is 0 Å². The summed E-state index contributed by atoms with van der Waals surface area (Å²) in [6.07, 6.45) is 1.25. The summed E-state index contributed by atoms with van der Waals surface area (Å²) in [6, 6.07) is 7.99. The molecular formula is C14H22N2O2. The molecule has 0 aliphatic carbocycles. The fourth-order valence-electron chi connectivity index (χ4n) is 1.56. The predicted octanol–water partition coefficient (Wildman–Crippen LogP) is 1.48. The van der Waals surface area contributed by atoms with Crippen molar-refractivity contribution < 1.29 is 9.53 Å². The summed E-state index contributed by atoms with van der Waals surface area (Å²) in [6.45, 7) is 5.89. The van der Waals surface area contributed by atoms with Crippen molar-refractivity contribution in [2.45, 2.75) is 32.7 Å². The van der Waals surface area contributed by atoms with Gasteiger partial charge in [-0.3, -0.25) is 4.79 Å². The van der Waals surface area contributed by atoms with Crippen LogP contribution < -0.4 is 15.8 Å². The Balaban J connectivity index is 2.24. The van der Waals surface area contributed by atoms with Crippen molar-refractivity contribution in [2.24, 2.45) is 5.73 Å². The molecule has 1 amide bonds. The summed E-state index contributed by atoms with van der Waals surface area (Å²) < 4.78 is 5.59. The average Bonchev–Trinajstić information content (AvgIpc) is 2.30. The van der Waals surface area contributed by atoms with Gasteiger partial charge in [0.2, 0.25) is 5.91 Å². The average molecular weight is 250 g/mol. The van der Waals surface area contributed by atoms with Gasteiger partial charge in [0, 0.05) is 6.04 Å². The molecule has 0 fully saturated rings. The lowest BCUT2D eigenvalue weighted by Gasteiger charge is -2.09. The van der Waals surface area contributed by atoms with Crippen molar-refractivity contribution >= 4 is 5.91 Å². The Morgan fingerprint density at radius 3 is 2.56 bits per heavy atom. The Morgan fingerprint density at radius 2 is 2.00 bits per heavy atom.